The molecule has 1 aliphatic rings. The Kier molecular flexibility index (Phi) is 4.59. The highest BCUT2D eigenvalue weighted by molar-refractivity contribution is 5.99. The summed E-state index contributed by atoms with van der Waals surface area (Å²) in [7, 11) is 2.83. The van der Waals surface area contributed by atoms with Crippen molar-refractivity contribution in [3.05, 3.63) is 52.6 Å². The molecule has 1 atom stereocenters. The molecule has 27 heavy (non-hydrogen) atoms. The van der Waals surface area contributed by atoms with Gasteiger partial charge in [-0.05, 0) is 30.3 Å². The highest BCUT2D eigenvalue weighted by Gasteiger charge is 2.36. The van der Waals surface area contributed by atoms with Crippen molar-refractivity contribution in [3.63, 3.8) is 0 Å². The van der Waals surface area contributed by atoms with Crippen LogP contribution >= 0.6 is 0 Å². The third-order valence-electron chi connectivity index (χ3n) is 4.01. The maximum Gasteiger partial charge on any atom is 0.344 e. The molecular formula is C18H15NO8. The van der Waals surface area contributed by atoms with Crippen molar-refractivity contribution < 1.29 is 38.8 Å². The number of hydrogen-bond donors (Lipinski definition) is 3. The monoisotopic (exact) mass is 373 g/mol. The summed E-state index contributed by atoms with van der Waals surface area (Å²) in [6.07, 6.45) is -0.946. The number of methoxy groups -OCH3 is 2. The number of anilines is 1. The molecule has 3 rings (SSSR count). The summed E-state index contributed by atoms with van der Waals surface area (Å²) in [6.45, 7) is 0. The van der Waals surface area contributed by atoms with Crippen LogP contribution in [0.2, 0.25) is 0 Å². The lowest BCUT2D eigenvalue weighted by Crippen LogP contribution is -2.12. The van der Waals surface area contributed by atoms with Crippen LogP contribution in [0.1, 0.15) is 42.9 Å². The minimum absolute atomic E-state index is 0.174. The number of benzene rings is 2. The van der Waals surface area contributed by atoms with E-state index < -0.39 is 24.1 Å². The van der Waals surface area contributed by atoms with Gasteiger partial charge in [-0.3, -0.25) is 0 Å². The molecule has 9 nitrogen and oxygen atoms in total. The number of nitrogens with one attached hydrogen (secondary N) is 1. The summed E-state index contributed by atoms with van der Waals surface area (Å²) in [5.74, 6) is -2.64. The third-order valence-corrected chi connectivity index (χ3v) is 4.01. The third kappa shape index (κ3) is 3.22. The number of cyclic esters (lactones) is 1. The van der Waals surface area contributed by atoms with E-state index in [4.69, 9.17) is 24.4 Å². The Hall–Kier alpha value is -3.75. The van der Waals surface area contributed by atoms with E-state index in [1.807, 2.05) is 0 Å². The molecule has 0 unspecified atom stereocenters. The summed E-state index contributed by atoms with van der Waals surface area (Å²) in [4.78, 5) is 34.7. The van der Waals surface area contributed by atoms with Gasteiger partial charge in [0.1, 0.15) is 5.56 Å². The van der Waals surface area contributed by atoms with E-state index in [-0.39, 0.29) is 28.1 Å². The van der Waals surface area contributed by atoms with E-state index in [0.29, 0.717) is 11.3 Å². The molecule has 1 heterocycles. The van der Waals surface area contributed by atoms with E-state index >= 15 is 0 Å². The second kappa shape index (κ2) is 6.87. The average molecular weight is 373 g/mol. The fourth-order valence-corrected chi connectivity index (χ4v) is 2.82. The Morgan fingerprint density at radius 1 is 1.04 bits per heavy atom. The molecule has 0 amide bonds. The number of carboxylic acid groups (broad SMARTS) is 2. The molecule has 0 saturated heterocycles. The van der Waals surface area contributed by atoms with Crippen LogP contribution in [0.15, 0.2) is 30.3 Å². The molecule has 2 aromatic rings. The van der Waals surface area contributed by atoms with Crippen molar-refractivity contribution in [2.24, 2.45) is 0 Å². The van der Waals surface area contributed by atoms with Gasteiger partial charge in [-0.1, -0.05) is 0 Å². The lowest BCUT2D eigenvalue weighted by Gasteiger charge is -2.16. The number of carbonyl (C=O) groups is 3. The van der Waals surface area contributed by atoms with E-state index in [0.717, 1.165) is 6.07 Å². The van der Waals surface area contributed by atoms with Gasteiger partial charge in [0.2, 0.25) is 6.23 Å². The van der Waals surface area contributed by atoms with Crippen molar-refractivity contribution in [1.29, 1.82) is 0 Å². The van der Waals surface area contributed by atoms with E-state index in [9.17, 15) is 14.4 Å². The van der Waals surface area contributed by atoms with Crippen molar-refractivity contribution in [2.75, 3.05) is 19.5 Å². The molecule has 0 aliphatic carbocycles. The standard InChI is InChI=1S/C18H15NO8/c1-25-12-4-3-11-13(14(12)26-2)18(24)27-15(11)19-10-6-8(16(20)21)5-9(7-10)17(22)23/h3-7,15,19H,1-2H3,(H,20,21)(H,22,23)/t15-/m1/s1. The number of esters is 1. The number of fused-ring (bicyclic) bond motifs is 1. The van der Waals surface area contributed by atoms with Gasteiger partial charge in [-0.2, -0.15) is 0 Å². The van der Waals surface area contributed by atoms with Crippen molar-refractivity contribution >= 4 is 23.6 Å². The van der Waals surface area contributed by atoms with Crippen LogP contribution < -0.4 is 14.8 Å². The molecule has 0 spiro atoms. The maximum absolute atomic E-state index is 12.3. The lowest BCUT2D eigenvalue weighted by atomic mass is 10.1. The van der Waals surface area contributed by atoms with Crippen LogP contribution in [0.25, 0.3) is 0 Å². The zero-order valence-electron chi connectivity index (χ0n) is 14.3. The largest absolute Gasteiger partial charge is 0.493 e. The second-order valence-corrected chi connectivity index (χ2v) is 5.60. The van der Waals surface area contributed by atoms with Gasteiger partial charge < -0.3 is 29.7 Å². The van der Waals surface area contributed by atoms with Crippen LogP contribution in [0.4, 0.5) is 5.69 Å². The molecule has 9 heteroatoms. The normalized spacial score (nSPS) is 14.9. The first-order valence-corrected chi connectivity index (χ1v) is 7.69. The highest BCUT2D eigenvalue weighted by atomic mass is 16.6. The zero-order chi connectivity index (χ0) is 19.7. The Bertz CT molecular complexity index is 920. The molecule has 3 N–H and O–H groups in total. The van der Waals surface area contributed by atoms with Crippen LogP contribution in [0, 0.1) is 0 Å². The van der Waals surface area contributed by atoms with Crippen LogP contribution in [-0.4, -0.2) is 42.3 Å². The molecule has 0 radical (unpaired) electrons. The van der Waals surface area contributed by atoms with Gasteiger partial charge in [-0.25, -0.2) is 14.4 Å². The van der Waals surface area contributed by atoms with Gasteiger partial charge in [0.05, 0.1) is 25.3 Å². The summed E-state index contributed by atoms with van der Waals surface area (Å²) < 4.78 is 15.7. The van der Waals surface area contributed by atoms with Crippen molar-refractivity contribution in [1.82, 2.24) is 0 Å². The molecule has 2 aromatic carbocycles. The van der Waals surface area contributed by atoms with Gasteiger partial charge >= 0.3 is 17.9 Å². The molecule has 0 fully saturated rings. The molecular weight excluding hydrogens is 358 g/mol. The smallest absolute Gasteiger partial charge is 0.344 e. The number of hydrogen-bond acceptors (Lipinski definition) is 7. The van der Waals surface area contributed by atoms with Crippen molar-refractivity contribution in [2.45, 2.75) is 6.23 Å². The minimum atomic E-state index is -1.28. The van der Waals surface area contributed by atoms with Gasteiger partial charge in [-0.15, -0.1) is 0 Å². The molecule has 0 bridgehead atoms. The SMILES string of the molecule is COc1ccc2c(c1OC)C(=O)O[C@H]2Nc1cc(C(=O)O)cc(C(=O)O)c1. The number of rotatable bonds is 6. The summed E-state index contributed by atoms with van der Waals surface area (Å²) >= 11 is 0. The van der Waals surface area contributed by atoms with Crippen LogP contribution in [0.3, 0.4) is 0 Å². The molecule has 0 aromatic heterocycles. The Morgan fingerprint density at radius 2 is 1.67 bits per heavy atom. The summed E-state index contributed by atoms with van der Waals surface area (Å²) in [6, 6.07) is 6.75. The molecule has 140 valence electrons. The number of carboxylic acids is 2. The van der Waals surface area contributed by atoms with E-state index in [1.165, 1.54) is 26.4 Å². The predicted molar refractivity (Wildman–Crippen MR) is 91.7 cm³/mol. The first kappa shape index (κ1) is 18.1. The Morgan fingerprint density at radius 3 is 2.19 bits per heavy atom. The fourth-order valence-electron chi connectivity index (χ4n) is 2.82. The Balaban J connectivity index is 2.01. The number of carbonyl (C=O) groups excluding carboxylic acids is 1. The first-order valence-electron chi connectivity index (χ1n) is 7.69. The number of aromatic carboxylic acids is 2. The van der Waals surface area contributed by atoms with E-state index in [2.05, 4.69) is 5.32 Å². The van der Waals surface area contributed by atoms with Crippen LogP contribution in [0.5, 0.6) is 11.5 Å². The predicted octanol–water partition coefficient (Wildman–Crippen LogP) is 2.38. The zero-order valence-corrected chi connectivity index (χ0v) is 14.3. The van der Waals surface area contributed by atoms with Gasteiger partial charge in [0, 0.05) is 11.3 Å². The highest BCUT2D eigenvalue weighted by Crippen LogP contribution is 2.42. The summed E-state index contributed by atoms with van der Waals surface area (Å²) in [5.41, 5.74) is 0.383. The fraction of sp³-hybridized carbons (Fsp3) is 0.167. The average Bonchev–Trinajstić information content (AvgIpc) is 2.96. The van der Waals surface area contributed by atoms with Crippen molar-refractivity contribution in [3.8, 4) is 11.5 Å². The van der Waals surface area contributed by atoms with E-state index in [1.54, 1.807) is 12.1 Å². The van der Waals surface area contributed by atoms with Gasteiger partial charge in [0.15, 0.2) is 11.5 Å². The Labute approximate surface area is 153 Å². The summed E-state index contributed by atoms with van der Waals surface area (Å²) in [5, 5.41) is 21.2. The lowest BCUT2D eigenvalue weighted by molar-refractivity contribution is 0.0433. The van der Waals surface area contributed by atoms with Gasteiger partial charge in [0.25, 0.3) is 0 Å². The molecule has 1 aliphatic heterocycles. The van der Waals surface area contributed by atoms with Crippen LogP contribution in [-0.2, 0) is 4.74 Å². The first-order chi connectivity index (χ1) is 12.8. The number of ether oxygens (including phenoxy) is 3. The maximum atomic E-state index is 12.3. The quantitative estimate of drug-likeness (QED) is 0.653. The minimum Gasteiger partial charge on any atom is -0.493 e. The molecule has 0 saturated carbocycles. The second-order valence-electron chi connectivity index (χ2n) is 5.60. The topological polar surface area (TPSA) is 131 Å².